The molecule has 0 amide bonds. The van der Waals surface area contributed by atoms with Crippen molar-refractivity contribution >= 4 is 21.9 Å². The van der Waals surface area contributed by atoms with Gasteiger partial charge in [0.1, 0.15) is 11.5 Å². The third-order valence-corrected chi connectivity index (χ3v) is 4.50. The van der Waals surface area contributed by atoms with E-state index < -0.39 is 5.97 Å². The van der Waals surface area contributed by atoms with Crippen LogP contribution in [0.25, 0.3) is 11.3 Å². The van der Waals surface area contributed by atoms with Gasteiger partial charge < -0.3 is 9.52 Å². The SMILES string of the molecule is O=C(O)C1CCCN(Cc2ccc(-c3cccc(Br)c3)o2)C1. The van der Waals surface area contributed by atoms with Crippen molar-refractivity contribution in [1.29, 1.82) is 0 Å². The van der Waals surface area contributed by atoms with Gasteiger partial charge in [-0.05, 0) is 43.7 Å². The quantitative estimate of drug-likeness (QED) is 0.891. The van der Waals surface area contributed by atoms with Crippen molar-refractivity contribution in [3.8, 4) is 11.3 Å². The van der Waals surface area contributed by atoms with Gasteiger partial charge in [-0.2, -0.15) is 0 Å². The monoisotopic (exact) mass is 363 g/mol. The van der Waals surface area contributed by atoms with Crippen molar-refractivity contribution in [2.24, 2.45) is 5.92 Å². The number of nitrogens with zero attached hydrogens (tertiary/aromatic N) is 1. The molecule has 1 N–H and O–H groups in total. The number of hydrogen-bond donors (Lipinski definition) is 1. The maximum Gasteiger partial charge on any atom is 0.307 e. The summed E-state index contributed by atoms with van der Waals surface area (Å²) in [5.41, 5.74) is 1.03. The maximum atomic E-state index is 11.1. The minimum absolute atomic E-state index is 0.256. The molecule has 5 heteroatoms. The molecule has 4 nitrogen and oxygen atoms in total. The summed E-state index contributed by atoms with van der Waals surface area (Å²) < 4.78 is 6.93. The van der Waals surface area contributed by atoms with Gasteiger partial charge in [0, 0.05) is 16.6 Å². The Morgan fingerprint density at radius 2 is 2.23 bits per heavy atom. The van der Waals surface area contributed by atoms with Crippen LogP contribution < -0.4 is 0 Å². The van der Waals surface area contributed by atoms with Crippen molar-refractivity contribution in [2.45, 2.75) is 19.4 Å². The molecule has 1 fully saturated rings. The van der Waals surface area contributed by atoms with E-state index in [0.29, 0.717) is 13.1 Å². The first-order valence-corrected chi connectivity index (χ1v) is 8.21. The average molecular weight is 364 g/mol. The lowest BCUT2D eigenvalue weighted by Crippen LogP contribution is -2.38. The largest absolute Gasteiger partial charge is 0.481 e. The topological polar surface area (TPSA) is 53.7 Å². The summed E-state index contributed by atoms with van der Waals surface area (Å²) in [4.78, 5) is 13.3. The molecule has 0 aliphatic carbocycles. The summed E-state index contributed by atoms with van der Waals surface area (Å²) in [6.45, 7) is 2.19. The molecule has 116 valence electrons. The molecule has 2 aromatic rings. The first-order chi connectivity index (χ1) is 10.6. The Hall–Kier alpha value is -1.59. The third kappa shape index (κ3) is 3.59. The minimum Gasteiger partial charge on any atom is -0.481 e. The minimum atomic E-state index is -0.695. The highest BCUT2D eigenvalue weighted by atomic mass is 79.9. The Kier molecular flexibility index (Phi) is 4.64. The highest BCUT2D eigenvalue weighted by Crippen LogP contribution is 2.26. The van der Waals surface area contributed by atoms with Crippen molar-refractivity contribution in [1.82, 2.24) is 4.90 Å². The van der Waals surface area contributed by atoms with Crippen molar-refractivity contribution in [3.63, 3.8) is 0 Å². The first-order valence-electron chi connectivity index (χ1n) is 7.41. The van der Waals surface area contributed by atoms with E-state index in [2.05, 4.69) is 20.8 Å². The van der Waals surface area contributed by atoms with Gasteiger partial charge in [0.2, 0.25) is 0 Å². The van der Waals surface area contributed by atoms with Crippen molar-refractivity contribution < 1.29 is 14.3 Å². The Morgan fingerprint density at radius 1 is 1.36 bits per heavy atom. The van der Waals surface area contributed by atoms with Crippen LogP contribution in [0.2, 0.25) is 0 Å². The number of carboxylic acids is 1. The first kappa shape index (κ1) is 15.3. The summed E-state index contributed by atoms with van der Waals surface area (Å²) in [6.07, 6.45) is 1.70. The normalized spacial score (nSPS) is 19.2. The number of carboxylic acid groups (broad SMARTS) is 1. The van der Waals surface area contributed by atoms with E-state index in [1.807, 2.05) is 36.4 Å². The van der Waals surface area contributed by atoms with Crippen LogP contribution >= 0.6 is 15.9 Å². The molecule has 1 saturated heterocycles. The zero-order valence-electron chi connectivity index (χ0n) is 12.2. The molecule has 0 spiro atoms. The number of likely N-dealkylation sites (tertiary alicyclic amines) is 1. The Morgan fingerprint density at radius 3 is 3.00 bits per heavy atom. The van der Waals surface area contributed by atoms with Gasteiger partial charge in [-0.3, -0.25) is 9.69 Å². The highest BCUT2D eigenvalue weighted by Gasteiger charge is 2.25. The lowest BCUT2D eigenvalue weighted by atomic mass is 9.98. The molecule has 22 heavy (non-hydrogen) atoms. The predicted octanol–water partition coefficient (Wildman–Crippen LogP) is 4.01. The maximum absolute atomic E-state index is 11.1. The number of rotatable bonds is 4. The fraction of sp³-hybridized carbons (Fsp3) is 0.353. The molecule has 1 aliphatic heterocycles. The van der Waals surface area contributed by atoms with Crippen LogP contribution in [0, 0.1) is 5.92 Å². The molecular formula is C17H18BrNO3. The van der Waals surface area contributed by atoms with Crippen molar-refractivity contribution in [3.05, 3.63) is 46.6 Å². The van der Waals surface area contributed by atoms with Crippen LogP contribution in [0.4, 0.5) is 0 Å². The van der Waals surface area contributed by atoms with E-state index in [9.17, 15) is 4.79 Å². The summed E-state index contributed by atoms with van der Waals surface area (Å²) in [5.74, 6) is 0.760. The van der Waals surface area contributed by atoms with E-state index in [0.717, 1.165) is 40.9 Å². The van der Waals surface area contributed by atoms with Gasteiger partial charge in [0.05, 0.1) is 12.5 Å². The molecule has 2 heterocycles. The second-order valence-electron chi connectivity index (χ2n) is 5.69. The molecule has 0 saturated carbocycles. The van der Waals surface area contributed by atoms with E-state index in [-0.39, 0.29) is 5.92 Å². The zero-order chi connectivity index (χ0) is 15.5. The lowest BCUT2D eigenvalue weighted by molar-refractivity contribution is -0.143. The molecule has 1 aromatic carbocycles. The van der Waals surface area contributed by atoms with Crippen LogP contribution in [0.1, 0.15) is 18.6 Å². The zero-order valence-corrected chi connectivity index (χ0v) is 13.8. The van der Waals surface area contributed by atoms with E-state index >= 15 is 0 Å². The molecule has 1 atom stereocenters. The summed E-state index contributed by atoms with van der Waals surface area (Å²) >= 11 is 3.46. The fourth-order valence-electron chi connectivity index (χ4n) is 2.88. The van der Waals surface area contributed by atoms with E-state index in [1.54, 1.807) is 0 Å². The van der Waals surface area contributed by atoms with Gasteiger partial charge in [-0.1, -0.05) is 28.1 Å². The van der Waals surface area contributed by atoms with Gasteiger partial charge in [-0.15, -0.1) is 0 Å². The second-order valence-corrected chi connectivity index (χ2v) is 6.60. The summed E-state index contributed by atoms with van der Waals surface area (Å²) in [7, 11) is 0. The van der Waals surface area contributed by atoms with Gasteiger partial charge in [0.15, 0.2) is 0 Å². The number of hydrogen-bond acceptors (Lipinski definition) is 3. The Labute approximate surface area is 137 Å². The third-order valence-electron chi connectivity index (χ3n) is 4.00. The summed E-state index contributed by atoms with van der Waals surface area (Å²) in [5, 5.41) is 9.15. The molecule has 0 bridgehead atoms. The lowest BCUT2D eigenvalue weighted by Gasteiger charge is -2.29. The van der Waals surface area contributed by atoms with Crippen LogP contribution in [0.5, 0.6) is 0 Å². The van der Waals surface area contributed by atoms with Gasteiger partial charge >= 0.3 is 5.97 Å². The second kappa shape index (κ2) is 6.67. The number of aliphatic carboxylic acids is 1. The smallest absolute Gasteiger partial charge is 0.307 e. The molecule has 1 aromatic heterocycles. The standard InChI is InChI=1S/C17H18BrNO3/c18-14-5-1-3-12(9-14)16-7-6-15(22-16)11-19-8-2-4-13(10-19)17(20)21/h1,3,5-7,9,13H,2,4,8,10-11H2,(H,20,21). The predicted molar refractivity (Wildman–Crippen MR) is 87.5 cm³/mol. The van der Waals surface area contributed by atoms with E-state index in [1.165, 1.54) is 0 Å². The van der Waals surface area contributed by atoms with Crippen LogP contribution in [0.3, 0.4) is 0 Å². The molecule has 1 unspecified atom stereocenters. The number of furan rings is 1. The van der Waals surface area contributed by atoms with Crippen LogP contribution in [-0.4, -0.2) is 29.1 Å². The number of benzene rings is 1. The number of halogens is 1. The highest BCUT2D eigenvalue weighted by molar-refractivity contribution is 9.10. The summed E-state index contributed by atoms with van der Waals surface area (Å²) in [6, 6.07) is 11.9. The molecule has 1 aliphatic rings. The molecular weight excluding hydrogens is 346 g/mol. The number of carbonyl (C=O) groups is 1. The molecule has 3 rings (SSSR count). The van der Waals surface area contributed by atoms with E-state index in [4.69, 9.17) is 9.52 Å². The Balaban J connectivity index is 1.68. The fourth-order valence-corrected chi connectivity index (χ4v) is 3.28. The van der Waals surface area contributed by atoms with Crippen LogP contribution in [0.15, 0.2) is 45.3 Å². The Bertz CT molecular complexity index is 667. The van der Waals surface area contributed by atoms with Gasteiger partial charge in [-0.25, -0.2) is 0 Å². The molecule has 0 radical (unpaired) electrons. The average Bonchev–Trinajstić information content (AvgIpc) is 2.96. The number of piperidine rings is 1. The van der Waals surface area contributed by atoms with Crippen molar-refractivity contribution in [2.75, 3.05) is 13.1 Å². The van der Waals surface area contributed by atoms with Crippen LogP contribution in [-0.2, 0) is 11.3 Å². The van der Waals surface area contributed by atoms with Gasteiger partial charge in [0.25, 0.3) is 0 Å².